The fourth-order valence-corrected chi connectivity index (χ4v) is 2.17. The summed E-state index contributed by atoms with van der Waals surface area (Å²) < 4.78 is 14.9. The molecule has 0 bridgehead atoms. The predicted octanol–water partition coefficient (Wildman–Crippen LogP) is 2.47. The fraction of sp³-hybridized carbons (Fsp3) is 0.429. The third-order valence-corrected chi connectivity index (χ3v) is 3.21. The Morgan fingerprint density at radius 3 is 2.68 bits per heavy atom. The molecular weight excluding hydrogens is 245 g/mol. The van der Waals surface area contributed by atoms with Crippen LogP contribution in [-0.4, -0.2) is 19.6 Å². The van der Waals surface area contributed by atoms with Crippen LogP contribution in [0.4, 0.5) is 4.39 Å². The lowest BCUT2D eigenvalue weighted by atomic mass is 9.94. The van der Waals surface area contributed by atoms with Crippen molar-refractivity contribution < 1.29 is 9.50 Å². The highest BCUT2D eigenvalue weighted by atomic mass is 19.1. The van der Waals surface area contributed by atoms with E-state index in [-0.39, 0.29) is 0 Å². The van der Waals surface area contributed by atoms with Crippen molar-refractivity contribution in [3.05, 3.63) is 48.1 Å². The van der Waals surface area contributed by atoms with E-state index in [0.29, 0.717) is 17.9 Å². The first kappa shape index (κ1) is 13.7. The van der Waals surface area contributed by atoms with Gasteiger partial charge < -0.3 is 9.67 Å². The smallest absolute Gasteiger partial charge is 0.163 e. The van der Waals surface area contributed by atoms with Crippen LogP contribution in [0.5, 0.6) is 0 Å². The van der Waals surface area contributed by atoms with Gasteiger partial charge in [0.2, 0.25) is 0 Å². The molecule has 1 unspecified atom stereocenters. The lowest BCUT2D eigenvalue weighted by molar-refractivity contribution is 0.0583. The minimum absolute atomic E-state index is 0.417. The van der Waals surface area contributed by atoms with E-state index in [1.54, 1.807) is 6.20 Å². The summed E-state index contributed by atoms with van der Waals surface area (Å²) in [5.74, 6) is 0.134. The third-order valence-electron chi connectivity index (χ3n) is 3.21. The number of pyridine rings is 1. The average molecular weight is 263 g/mol. The maximum absolute atomic E-state index is 13.0. The number of hydrogen-bond acceptors (Lipinski definition) is 3. The minimum Gasteiger partial charge on any atom is -0.376 e. The molecule has 19 heavy (non-hydrogen) atoms. The van der Waals surface area contributed by atoms with Gasteiger partial charge in [-0.15, -0.1) is 0 Å². The summed E-state index contributed by atoms with van der Waals surface area (Å²) >= 11 is 0. The highest BCUT2D eigenvalue weighted by Gasteiger charge is 2.35. The molecule has 5 heteroatoms. The first-order valence-corrected chi connectivity index (χ1v) is 6.47. The normalized spacial score (nSPS) is 14.3. The maximum atomic E-state index is 13.0. The molecule has 0 fully saturated rings. The Hall–Kier alpha value is -1.75. The highest BCUT2D eigenvalue weighted by Crippen LogP contribution is 2.30. The summed E-state index contributed by atoms with van der Waals surface area (Å²) in [5.41, 5.74) is -0.869. The van der Waals surface area contributed by atoms with E-state index in [4.69, 9.17) is 0 Å². The number of nitrogens with zero attached hydrogens (tertiary/aromatic N) is 3. The van der Waals surface area contributed by atoms with Crippen LogP contribution in [0, 0.1) is 5.82 Å². The van der Waals surface area contributed by atoms with Crippen molar-refractivity contribution >= 4 is 0 Å². The molecule has 2 aromatic heterocycles. The maximum Gasteiger partial charge on any atom is 0.163 e. The molecule has 1 atom stereocenters. The summed E-state index contributed by atoms with van der Waals surface area (Å²) in [7, 11) is 0. The Labute approximate surface area is 111 Å². The van der Waals surface area contributed by atoms with Gasteiger partial charge in [-0.1, -0.05) is 13.8 Å². The van der Waals surface area contributed by atoms with Gasteiger partial charge in [-0.25, -0.2) is 9.37 Å². The van der Waals surface area contributed by atoms with Gasteiger partial charge in [-0.05, 0) is 25.0 Å². The second-order valence-corrected chi connectivity index (χ2v) is 4.52. The Kier molecular flexibility index (Phi) is 3.95. The zero-order valence-corrected chi connectivity index (χ0v) is 11.2. The Balaban J connectivity index is 2.46. The molecule has 0 amide bonds. The molecule has 2 heterocycles. The standard InChI is InChI=1S/C14H18FN3O/c1-3-8-18-9-7-16-13(18)14(19,4-2)12-6-5-11(15)10-17-12/h5-7,9-10,19H,3-4,8H2,1-2H3. The van der Waals surface area contributed by atoms with Crippen molar-refractivity contribution in [1.82, 2.24) is 14.5 Å². The molecule has 4 nitrogen and oxygen atoms in total. The zero-order valence-electron chi connectivity index (χ0n) is 11.2. The van der Waals surface area contributed by atoms with E-state index in [0.717, 1.165) is 19.2 Å². The quantitative estimate of drug-likeness (QED) is 0.901. The fourth-order valence-electron chi connectivity index (χ4n) is 2.17. The molecule has 2 rings (SSSR count). The van der Waals surface area contributed by atoms with E-state index >= 15 is 0 Å². The topological polar surface area (TPSA) is 50.9 Å². The number of imidazole rings is 1. The Bertz CT molecular complexity index is 538. The average Bonchev–Trinajstić information content (AvgIpc) is 2.88. The van der Waals surface area contributed by atoms with Crippen LogP contribution in [-0.2, 0) is 12.1 Å². The van der Waals surface area contributed by atoms with Gasteiger partial charge in [0.05, 0.1) is 11.9 Å². The van der Waals surface area contributed by atoms with Crippen molar-refractivity contribution in [2.45, 2.75) is 38.8 Å². The van der Waals surface area contributed by atoms with Crippen molar-refractivity contribution in [3.8, 4) is 0 Å². The van der Waals surface area contributed by atoms with Crippen LogP contribution in [0.1, 0.15) is 38.2 Å². The summed E-state index contributed by atoms with van der Waals surface area (Å²) in [5, 5.41) is 10.9. The molecule has 2 aromatic rings. The van der Waals surface area contributed by atoms with Gasteiger partial charge in [-0.2, -0.15) is 0 Å². The third kappa shape index (κ3) is 2.51. The van der Waals surface area contributed by atoms with Crippen LogP contribution in [0.15, 0.2) is 30.7 Å². The van der Waals surface area contributed by atoms with E-state index in [1.807, 2.05) is 17.7 Å². The highest BCUT2D eigenvalue weighted by molar-refractivity contribution is 5.23. The lowest BCUT2D eigenvalue weighted by Crippen LogP contribution is -2.31. The SMILES string of the molecule is CCCn1ccnc1C(O)(CC)c1ccc(F)cn1. The molecule has 1 N–H and O–H groups in total. The lowest BCUT2D eigenvalue weighted by Gasteiger charge is -2.26. The Morgan fingerprint density at radius 2 is 2.11 bits per heavy atom. The summed E-state index contributed by atoms with van der Waals surface area (Å²) in [6, 6.07) is 2.81. The van der Waals surface area contributed by atoms with E-state index in [2.05, 4.69) is 16.9 Å². The van der Waals surface area contributed by atoms with Crippen molar-refractivity contribution in [2.75, 3.05) is 0 Å². The van der Waals surface area contributed by atoms with Crippen molar-refractivity contribution in [3.63, 3.8) is 0 Å². The molecule has 0 saturated heterocycles. The van der Waals surface area contributed by atoms with Crippen LogP contribution >= 0.6 is 0 Å². The predicted molar refractivity (Wildman–Crippen MR) is 70.0 cm³/mol. The van der Waals surface area contributed by atoms with Crippen LogP contribution in [0.3, 0.4) is 0 Å². The number of aryl methyl sites for hydroxylation is 1. The van der Waals surface area contributed by atoms with Gasteiger partial charge in [0, 0.05) is 18.9 Å². The van der Waals surface area contributed by atoms with Gasteiger partial charge in [0.25, 0.3) is 0 Å². The largest absolute Gasteiger partial charge is 0.376 e. The molecular formula is C14H18FN3O. The van der Waals surface area contributed by atoms with Crippen LogP contribution < -0.4 is 0 Å². The second-order valence-electron chi connectivity index (χ2n) is 4.52. The zero-order chi connectivity index (χ0) is 13.9. The molecule has 0 aliphatic heterocycles. The minimum atomic E-state index is -1.29. The first-order valence-electron chi connectivity index (χ1n) is 6.47. The molecule has 0 aliphatic rings. The molecule has 0 spiro atoms. The number of rotatable bonds is 5. The molecule has 0 radical (unpaired) electrons. The second kappa shape index (κ2) is 5.48. The van der Waals surface area contributed by atoms with Crippen molar-refractivity contribution in [2.24, 2.45) is 0 Å². The molecule has 0 aromatic carbocycles. The van der Waals surface area contributed by atoms with E-state index < -0.39 is 11.4 Å². The van der Waals surface area contributed by atoms with Crippen LogP contribution in [0.2, 0.25) is 0 Å². The van der Waals surface area contributed by atoms with Gasteiger partial charge in [0.15, 0.2) is 5.60 Å². The van der Waals surface area contributed by atoms with Gasteiger partial charge >= 0.3 is 0 Å². The first-order chi connectivity index (χ1) is 9.11. The Morgan fingerprint density at radius 1 is 1.32 bits per heavy atom. The number of aliphatic hydroxyl groups is 1. The summed E-state index contributed by atoms with van der Waals surface area (Å²) in [4.78, 5) is 8.26. The van der Waals surface area contributed by atoms with E-state index in [9.17, 15) is 9.50 Å². The molecule has 0 aliphatic carbocycles. The van der Waals surface area contributed by atoms with Gasteiger partial charge in [0.1, 0.15) is 11.6 Å². The van der Waals surface area contributed by atoms with E-state index in [1.165, 1.54) is 12.1 Å². The molecule has 102 valence electrons. The van der Waals surface area contributed by atoms with Crippen LogP contribution in [0.25, 0.3) is 0 Å². The number of aromatic nitrogens is 3. The molecule has 0 saturated carbocycles. The number of hydrogen-bond donors (Lipinski definition) is 1. The summed E-state index contributed by atoms with van der Waals surface area (Å²) in [6.45, 7) is 4.69. The van der Waals surface area contributed by atoms with Gasteiger partial charge in [-0.3, -0.25) is 4.98 Å². The summed E-state index contributed by atoms with van der Waals surface area (Å²) in [6.07, 6.45) is 5.98. The monoisotopic (exact) mass is 263 g/mol. The number of halogens is 1. The van der Waals surface area contributed by atoms with Crippen molar-refractivity contribution in [1.29, 1.82) is 0 Å².